The molecule has 2 rings (SSSR count). The normalized spacial score (nSPS) is 20.1. The second-order valence-electron chi connectivity index (χ2n) is 5.89. The Bertz CT molecular complexity index is 442. The first-order chi connectivity index (χ1) is 9.86. The number of halogens is 3. The van der Waals surface area contributed by atoms with E-state index in [1.54, 1.807) is 11.1 Å². The van der Waals surface area contributed by atoms with Crippen molar-refractivity contribution < 1.29 is 13.2 Å². The molecule has 1 atom stereocenters. The van der Waals surface area contributed by atoms with Gasteiger partial charge in [0.25, 0.3) is 0 Å². The van der Waals surface area contributed by atoms with Gasteiger partial charge in [0.15, 0.2) is 0 Å². The Kier molecular flexibility index (Phi) is 5.08. The molecule has 1 aliphatic rings. The molecular formula is C15H22F3N3. The van der Waals surface area contributed by atoms with E-state index in [4.69, 9.17) is 0 Å². The molecule has 6 heteroatoms. The highest BCUT2D eigenvalue weighted by atomic mass is 19.4. The number of aromatic nitrogens is 1. The molecule has 0 saturated carbocycles. The molecule has 118 valence electrons. The van der Waals surface area contributed by atoms with E-state index in [0.29, 0.717) is 24.8 Å². The third-order valence-electron chi connectivity index (χ3n) is 3.73. The summed E-state index contributed by atoms with van der Waals surface area (Å²) in [5.74, 6) is -0.604. The van der Waals surface area contributed by atoms with Crippen molar-refractivity contribution in [3.05, 3.63) is 23.9 Å². The molecule has 0 amide bonds. The highest BCUT2D eigenvalue weighted by molar-refractivity contribution is 5.40. The molecule has 0 aromatic carbocycles. The van der Waals surface area contributed by atoms with Crippen molar-refractivity contribution >= 4 is 5.82 Å². The summed E-state index contributed by atoms with van der Waals surface area (Å²) in [6.45, 7) is 5.50. The summed E-state index contributed by atoms with van der Waals surface area (Å²) in [4.78, 5) is 6.05. The van der Waals surface area contributed by atoms with E-state index in [0.717, 1.165) is 12.1 Å². The largest absolute Gasteiger partial charge is 0.393 e. The molecule has 2 heterocycles. The average molecular weight is 301 g/mol. The van der Waals surface area contributed by atoms with Gasteiger partial charge in [-0.25, -0.2) is 4.98 Å². The molecule has 1 fully saturated rings. The first kappa shape index (κ1) is 16.1. The summed E-state index contributed by atoms with van der Waals surface area (Å²) in [7, 11) is 0. The summed E-state index contributed by atoms with van der Waals surface area (Å²) in [5, 5.41) is 3.29. The molecule has 0 aliphatic carbocycles. The Balaban J connectivity index is 1.98. The number of alkyl halides is 3. The predicted octanol–water partition coefficient (Wildman–Crippen LogP) is 3.36. The smallest absolute Gasteiger partial charge is 0.356 e. The number of rotatable bonds is 4. The van der Waals surface area contributed by atoms with E-state index < -0.39 is 12.1 Å². The highest BCUT2D eigenvalue weighted by Crippen LogP contribution is 2.34. The summed E-state index contributed by atoms with van der Waals surface area (Å²) in [6, 6.07) is 4.13. The standard InChI is InChI=1S/C15H22F3N3/c1-11(2)19-8-12-5-6-14(20-9-12)21-7-3-4-13(10-21)15(16,17)18/h5-6,9,11,13,19H,3-4,7-8,10H2,1-2H3. The van der Waals surface area contributed by atoms with Gasteiger partial charge in [-0.05, 0) is 24.5 Å². The third-order valence-corrected chi connectivity index (χ3v) is 3.73. The van der Waals surface area contributed by atoms with E-state index in [1.807, 2.05) is 12.1 Å². The lowest BCUT2D eigenvalue weighted by atomic mass is 9.97. The lowest BCUT2D eigenvalue weighted by Crippen LogP contribution is -2.42. The van der Waals surface area contributed by atoms with Crippen LogP contribution in [0.3, 0.4) is 0 Å². The van der Waals surface area contributed by atoms with Crippen molar-refractivity contribution in [1.29, 1.82) is 0 Å². The van der Waals surface area contributed by atoms with Crippen LogP contribution in [0.1, 0.15) is 32.3 Å². The van der Waals surface area contributed by atoms with Crippen LogP contribution in [0.15, 0.2) is 18.3 Å². The predicted molar refractivity (Wildman–Crippen MR) is 77.2 cm³/mol. The number of nitrogens with one attached hydrogen (secondary N) is 1. The zero-order valence-corrected chi connectivity index (χ0v) is 12.5. The summed E-state index contributed by atoms with van der Waals surface area (Å²) in [5.41, 5.74) is 1.04. The average Bonchev–Trinajstić information content (AvgIpc) is 2.45. The molecule has 1 aliphatic heterocycles. The SMILES string of the molecule is CC(C)NCc1ccc(N2CCCC(C(F)(F)F)C2)nc1. The summed E-state index contributed by atoms with van der Waals surface area (Å²) < 4.78 is 38.4. The van der Waals surface area contributed by atoms with Crippen molar-refractivity contribution in [2.45, 2.75) is 45.5 Å². The first-order valence-electron chi connectivity index (χ1n) is 7.36. The van der Waals surface area contributed by atoms with Gasteiger partial charge in [-0.2, -0.15) is 13.2 Å². The molecule has 1 saturated heterocycles. The van der Waals surface area contributed by atoms with Gasteiger partial charge in [-0.3, -0.25) is 0 Å². The van der Waals surface area contributed by atoms with Crippen LogP contribution < -0.4 is 10.2 Å². The van der Waals surface area contributed by atoms with Gasteiger partial charge in [0.2, 0.25) is 0 Å². The Morgan fingerprint density at radius 2 is 2.14 bits per heavy atom. The third kappa shape index (κ3) is 4.59. The minimum Gasteiger partial charge on any atom is -0.356 e. The molecule has 1 unspecified atom stereocenters. The van der Waals surface area contributed by atoms with Crippen molar-refractivity contribution in [3.63, 3.8) is 0 Å². The maximum absolute atomic E-state index is 12.8. The molecule has 21 heavy (non-hydrogen) atoms. The number of pyridine rings is 1. The molecule has 0 radical (unpaired) electrons. The number of piperidine rings is 1. The topological polar surface area (TPSA) is 28.2 Å². The first-order valence-corrected chi connectivity index (χ1v) is 7.36. The molecule has 0 bridgehead atoms. The number of nitrogens with zero attached hydrogens (tertiary/aromatic N) is 2. The maximum Gasteiger partial charge on any atom is 0.393 e. The summed E-state index contributed by atoms with van der Waals surface area (Å²) in [6.07, 6.45) is -1.60. The van der Waals surface area contributed by atoms with Crippen LogP contribution in [0.25, 0.3) is 0 Å². The molecule has 1 aromatic rings. The lowest BCUT2D eigenvalue weighted by Gasteiger charge is -2.34. The Morgan fingerprint density at radius 3 is 2.71 bits per heavy atom. The van der Waals surface area contributed by atoms with Gasteiger partial charge in [-0.1, -0.05) is 19.9 Å². The molecule has 0 spiro atoms. The Labute approximate surface area is 123 Å². The van der Waals surface area contributed by atoms with Crippen molar-refractivity contribution in [2.24, 2.45) is 5.92 Å². The fourth-order valence-corrected chi connectivity index (χ4v) is 2.48. The minimum absolute atomic E-state index is 0.0140. The zero-order chi connectivity index (χ0) is 15.5. The second-order valence-corrected chi connectivity index (χ2v) is 5.89. The number of hydrogen-bond donors (Lipinski definition) is 1. The zero-order valence-electron chi connectivity index (χ0n) is 12.5. The van der Waals surface area contributed by atoms with Crippen LogP contribution in [-0.2, 0) is 6.54 Å². The van der Waals surface area contributed by atoms with Gasteiger partial charge in [0.05, 0.1) is 5.92 Å². The lowest BCUT2D eigenvalue weighted by molar-refractivity contribution is -0.176. The Morgan fingerprint density at radius 1 is 1.38 bits per heavy atom. The van der Waals surface area contributed by atoms with Crippen molar-refractivity contribution in [3.8, 4) is 0 Å². The van der Waals surface area contributed by atoms with Gasteiger partial charge >= 0.3 is 6.18 Å². The minimum atomic E-state index is -4.11. The number of hydrogen-bond acceptors (Lipinski definition) is 3. The van der Waals surface area contributed by atoms with E-state index in [-0.39, 0.29) is 13.0 Å². The van der Waals surface area contributed by atoms with E-state index in [1.165, 1.54) is 0 Å². The second kappa shape index (κ2) is 6.64. The van der Waals surface area contributed by atoms with Crippen LogP contribution in [-0.4, -0.2) is 30.3 Å². The molecule has 1 aromatic heterocycles. The monoisotopic (exact) mass is 301 g/mol. The van der Waals surface area contributed by atoms with Crippen LogP contribution >= 0.6 is 0 Å². The number of anilines is 1. The van der Waals surface area contributed by atoms with Gasteiger partial charge in [0, 0.05) is 31.9 Å². The fraction of sp³-hybridized carbons (Fsp3) is 0.667. The van der Waals surface area contributed by atoms with Gasteiger partial charge in [0.1, 0.15) is 5.82 Å². The maximum atomic E-state index is 12.8. The van der Waals surface area contributed by atoms with Crippen LogP contribution in [0, 0.1) is 5.92 Å². The highest BCUT2D eigenvalue weighted by Gasteiger charge is 2.41. The molecule has 3 nitrogen and oxygen atoms in total. The van der Waals surface area contributed by atoms with E-state index in [2.05, 4.69) is 24.1 Å². The Hall–Kier alpha value is -1.30. The van der Waals surface area contributed by atoms with Crippen LogP contribution in [0.4, 0.5) is 19.0 Å². The van der Waals surface area contributed by atoms with Crippen LogP contribution in [0.2, 0.25) is 0 Å². The van der Waals surface area contributed by atoms with Crippen molar-refractivity contribution in [1.82, 2.24) is 10.3 Å². The summed E-state index contributed by atoms with van der Waals surface area (Å²) >= 11 is 0. The quantitative estimate of drug-likeness (QED) is 0.924. The van der Waals surface area contributed by atoms with Crippen molar-refractivity contribution in [2.75, 3.05) is 18.0 Å². The van der Waals surface area contributed by atoms with Gasteiger partial charge in [-0.15, -0.1) is 0 Å². The fourth-order valence-electron chi connectivity index (χ4n) is 2.48. The van der Waals surface area contributed by atoms with Crippen LogP contribution in [0.5, 0.6) is 0 Å². The van der Waals surface area contributed by atoms with E-state index in [9.17, 15) is 13.2 Å². The van der Waals surface area contributed by atoms with Gasteiger partial charge < -0.3 is 10.2 Å². The molecule has 1 N–H and O–H groups in total. The van der Waals surface area contributed by atoms with E-state index >= 15 is 0 Å². The molecular weight excluding hydrogens is 279 g/mol.